The van der Waals surface area contributed by atoms with Crippen molar-refractivity contribution in [3.05, 3.63) is 27.8 Å². The van der Waals surface area contributed by atoms with Crippen molar-refractivity contribution in [1.82, 2.24) is 0 Å². The summed E-state index contributed by atoms with van der Waals surface area (Å²) in [5.74, 6) is 1.22. The van der Waals surface area contributed by atoms with Gasteiger partial charge in [0.25, 0.3) is 5.69 Å². The van der Waals surface area contributed by atoms with Gasteiger partial charge in [0, 0.05) is 6.00 Å². The van der Waals surface area contributed by atoms with Gasteiger partial charge in [-0.15, -0.1) is 0 Å². The molecule has 8 heteroatoms. The van der Waals surface area contributed by atoms with Crippen LogP contribution < -0.4 is 9.47 Å². The summed E-state index contributed by atoms with van der Waals surface area (Å²) in [6.07, 6.45) is 2.18. The summed E-state index contributed by atoms with van der Waals surface area (Å²) in [6, 6.07) is 2.57. The predicted molar refractivity (Wildman–Crippen MR) is 97.9 cm³/mol. The lowest BCUT2D eigenvalue weighted by molar-refractivity contribution is -0.386. The Bertz CT molecular complexity index is 626. The third kappa shape index (κ3) is 4.89. The van der Waals surface area contributed by atoms with Gasteiger partial charge in [-0.2, -0.15) is 0 Å². The molecule has 1 aliphatic heterocycles. The summed E-state index contributed by atoms with van der Waals surface area (Å²) in [7, 11) is 8.84. The Hall–Kier alpha value is -1.80. The van der Waals surface area contributed by atoms with Crippen LogP contribution in [0.2, 0.25) is 0 Å². The number of nitro groups is 1. The van der Waals surface area contributed by atoms with E-state index in [1.807, 2.05) is 0 Å². The van der Waals surface area contributed by atoms with Crippen LogP contribution in [0.4, 0.5) is 5.69 Å². The first kappa shape index (κ1) is 20.5. The van der Waals surface area contributed by atoms with Gasteiger partial charge in [-0.3, -0.25) is 10.1 Å². The molecule has 1 heterocycles. The first-order chi connectivity index (χ1) is 12.4. The van der Waals surface area contributed by atoms with Gasteiger partial charge in [-0.1, -0.05) is 20.3 Å². The number of benzene rings is 1. The van der Waals surface area contributed by atoms with Gasteiger partial charge in [0.15, 0.2) is 11.5 Å². The lowest BCUT2D eigenvalue weighted by Gasteiger charge is -2.22. The third-order valence-corrected chi connectivity index (χ3v) is 4.79. The molecule has 0 amide bonds. The molecular weight excluding hydrogens is 337 g/mol. The summed E-state index contributed by atoms with van der Waals surface area (Å²) in [6.45, 7) is 4.36. The smallest absolute Gasteiger partial charge is 0.278 e. The van der Waals surface area contributed by atoms with Crippen LogP contribution in [0.25, 0.3) is 0 Å². The second kappa shape index (κ2) is 9.23. The molecule has 0 saturated carbocycles. The lowest BCUT2D eigenvalue weighted by atomic mass is 9.93. The molecule has 0 bridgehead atoms. The lowest BCUT2D eigenvalue weighted by Crippen LogP contribution is -2.26. The highest BCUT2D eigenvalue weighted by Crippen LogP contribution is 2.36. The van der Waals surface area contributed by atoms with Gasteiger partial charge in [0.1, 0.15) is 7.85 Å². The Kier molecular flexibility index (Phi) is 7.28. The largest absolute Gasteiger partial charge is 0.493 e. The molecular formula is C18H26BNO6. The number of nitrogens with zero attached hydrogens (tertiary/aromatic N) is 1. The minimum atomic E-state index is -0.450. The van der Waals surface area contributed by atoms with Crippen LogP contribution in [0, 0.1) is 16.0 Å². The molecule has 4 atom stereocenters. The van der Waals surface area contributed by atoms with E-state index in [4.69, 9.17) is 26.8 Å². The molecule has 142 valence electrons. The molecule has 1 aromatic rings. The van der Waals surface area contributed by atoms with Gasteiger partial charge < -0.3 is 18.9 Å². The van der Waals surface area contributed by atoms with Crippen LogP contribution in [0.15, 0.2) is 12.1 Å². The molecule has 0 spiro atoms. The van der Waals surface area contributed by atoms with Crippen molar-refractivity contribution in [2.24, 2.45) is 5.92 Å². The maximum Gasteiger partial charge on any atom is 0.278 e. The van der Waals surface area contributed by atoms with Gasteiger partial charge in [0.05, 0.1) is 49.6 Å². The number of nitro benzene ring substituents is 1. The van der Waals surface area contributed by atoms with Gasteiger partial charge in [-0.05, 0) is 24.8 Å². The van der Waals surface area contributed by atoms with Crippen molar-refractivity contribution >= 4 is 13.5 Å². The molecule has 7 nitrogen and oxygen atoms in total. The SMILES string of the molecule is [B]C1CC(OCc2cc(OC)c(OC)cc2[N+](=O)[O-])C(CC(C)CC)O1. The quantitative estimate of drug-likeness (QED) is 0.381. The zero-order chi connectivity index (χ0) is 19.3. The Morgan fingerprint density at radius 1 is 1.35 bits per heavy atom. The zero-order valence-electron chi connectivity index (χ0n) is 15.8. The monoisotopic (exact) mass is 363 g/mol. The second-order valence-corrected chi connectivity index (χ2v) is 6.64. The summed E-state index contributed by atoms with van der Waals surface area (Å²) < 4.78 is 22.1. The van der Waals surface area contributed by atoms with Gasteiger partial charge in [0.2, 0.25) is 0 Å². The zero-order valence-corrected chi connectivity index (χ0v) is 15.8. The van der Waals surface area contributed by atoms with Gasteiger partial charge in [-0.25, -0.2) is 0 Å². The molecule has 1 saturated heterocycles. The minimum absolute atomic E-state index is 0.0654. The number of rotatable bonds is 9. The van der Waals surface area contributed by atoms with Crippen LogP contribution in [0.1, 0.15) is 38.7 Å². The first-order valence-electron chi connectivity index (χ1n) is 8.81. The van der Waals surface area contributed by atoms with Crippen LogP contribution in [-0.4, -0.2) is 45.2 Å². The van der Waals surface area contributed by atoms with Crippen LogP contribution in [0.3, 0.4) is 0 Å². The fraction of sp³-hybridized carbons (Fsp3) is 0.667. The average molecular weight is 363 g/mol. The van der Waals surface area contributed by atoms with Crippen molar-refractivity contribution in [2.75, 3.05) is 14.2 Å². The molecule has 4 unspecified atom stereocenters. The molecule has 2 rings (SSSR count). The van der Waals surface area contributed by atoms with E-state index in [-0.39, 0.29) is 30.5 Å². The van der Waals surface area contributed by atoms with E-state index in [9.17, 15) is 10.1 Å². The number of ether oxygens (including phenoxy) is 4. The Morgan fingerprint density at radius 3 is 2.58 bits per heavy atom. The summed E-state index contributed by atoms with van der Waals surface area (Å²) >= 11 is 0. The van der Waals surface area contributed by atoms with Crippen molar-refractivity contribution in [2.45, 2.75) is 57.9 Å². The van der Waals surface area contributed by atoms with Gasteiger partial charge >= 0.3 is 0 Å². The number of hydrogen-bond acceptors (Lipinski definition) is 6. The van der Waals surface area contributed by atoms with E-state index in [0.717, 1.165) is 12.8 Å². The van der Waals surface area contributed by atoms with E-state index in [2.05, 4.69) is 13.8 Å². The Labute approximate surface area is 155 Å². The molecule has 1 aliphatic rings. The minimum Gasteiger partial charge on any atom is -0.493 e. The highest BCUT2D eigenvalue weighted by molar-refractivity contribution is 6.11. The maximum atomic E-state index is 11.4. The normalized spacial score (nSPS) is 23.6. The van der Waals surface area contributed by atoms with E-state index in [0.29, 0.717) is 29.4 Å². The molecule has 2 radical (unpaired) electrons. The molecule has 1 fully saturated rings. The maximum absolute atomic E-state index is 11.4. The highest BCUT2D eigenvalue weighted by Gasteiger charge is 2.34. The van der Waals surface area contributed by atoms with Crippen LogP contribution >= 0.6 is 0 Å². The second-order valence-electron chi connectivity index (χ2n) is 6.64. The number of methoxy groups -OCH3 is 2. The van der Waals surface area contributed by atoms with E-state index >= 15 is 0 Å². The van der Waals surface area contributed by atoms with E-state index in [1.165, 1.54) is 20.3 Å². The number of hydrogen-bond donors (Lipinski definition) is 0. The van der Waals surface area contributed by atoms with Crippen molar-refractivity contribution < 1.29 is 23.9 Å². The average Bonchev–Trinajstić information content (AvgIpc) is 2.97. The van der Waals surface area contributed by atoms with Crippen molar-refractivity contribution in [1.29, 1.82) is 0 Å². The first-order valence-corrected chi connectivity index (χ1v) is 8.81. The summed E-state index contributed by atoms with van der Waals surface area (Å²) in [5, 5.41) is 11.4. The van der Waals surface area contributed by atoms with E-state index in [1.54, 1.807) is 6.07 Å². The van der Waals surface area contributed by atoms with Crippen molar-refractivity contribution in [3.63, 3.8) is 0 Å². The standard InChI is InChI=1S/C18H26BNO6/c1-5-11(2)6-17-16(9-18(19)26-17)25-10-12-7-14(23-3)15(24-4)8-13(12)20(21)22/h7-8,11,16-18H,5-6,9-10H2,1-4H3. The highest BCUT2D eigenvalue weighted by atomic mass is 16.6. The molecule has 1 aromatic carbocycles. The Balaban J connectivity index is 2.15. The van der Waals surface area contributed by atoms with Crippen LogP contribution in [-0.2, 0) is 16.1 Å². The topological polar surface area (TPSA) is 80.1 Å². The Morgan fingerprint density at radius 2 is 2.00 bits per heavy atom. The summed E-state index contributed by atoms with van der Waals surface area (Å²) in [5.41, 5.74) is 0.361. The molecule has 0 aliphatic carbocycles. The molecule has 0 aromatic heterocycles. The van der Waals surface area contributed by atoms with E-state index < -0.39 is 4.92 Å². The predicted octanol–water partition coefficient (Wildman–Crippen LogP) is 3.22. The molecule has 26 heavy (non-hydrogen) atoms. The molecule has 0 N–H and O–H groups in total. The van der Waals surface area contributed by atoms with Crippen LogP contribution in [0.5, 0.6) is 11.5 Å². The fourth-order valence-corrected chi connectivity index (χ4v) is 3.09. The van der Waals surface area contributed by atoms with Crippen molar-refractivity contribution in [3.8, 4) is 11.5 Å². The third-order valence-electron chi connectivity index (χ3n) is 4.79. The summed E-state index contributed by atoms with van der Waals surface area (Å²) in [4.78, 5) is 10.9. The fourth-order valence-electron chi connectivity index (χ4n) is 3.09.